The maximum absolute atomic E-state index is 13.8. The predicted molar refractivity (Wildman–Crippen MR) is 191 cm³/mol. The second-order valence-corrected chi connectivity index (χ2v) is 15.0. The number of pyridine rings is 1. The van der Waals surface area contributed by atoms with Crippen molar-refractivity contribution in [2.24, 2.45) is 0 Å². The number of amides is 3. The number of methoxy groups -OCH3 is 2. The Hall–Kier alpha value is -4.79. The van der Waals surface area contributed by atoms with Crippen molar-refractivity contribution in [2.45, 2.75) is 37.8 Å². The number of hydrogen-bond donors (Lipinski definition) is 3. The van der Waals surface area contributed by atoms with Crippen LogP contribution in [0.1, 0.15) is 40.2 Å². The Morgan fingerprint density at radius 2 is 1.66 bits per heavy atom. The number of anilines is 1. The van der Waals surface area contributed by atoms with Gasteiger partial charge in [-0.3, -0.25) is 15.0 Å². The normalized spacial score (nSPS) is 19.2. The quantitative estimate of drug-likeness (QED) is 0.212. The van der Waals surface area contributed by atoms with Gasteiger partial charge in [-0.1, -0.05) is 48.5 Å². The van der Waals surface area contributed by atoms with E-state index in [9.17, 15) is 18.0 Å². The number of urea groups is 1. The summed E-state index contributed by atoms with van der Waals surface area (Å²) in [7, 11) is 0.0436. The van der Waals surface area contributed by atoms with Gasteiger partial charge in [-0.25, -0.2) is 22.9 Å². The molecule has 2 fully saturated rings. The molecule has 50 heavy (non-hydrogen) atoms. The van der Waals surface area contributed by atoms with Gasteiger partial charge in [-0.2, -0.15) is 5.10 Å². The van der Waals surface area contributed by atoms with Crippen LogP contribution in [0.25, 0.3) is 16.9 Å². The Labute approximate surface area is 292 Å². The topological polar surface area (TPSA) is 157 Å². The van der Waals surface area contributed by atoms with E-state index in [1.54, 1.807) is 24.1 Å². The first kappa shape index (κ1) is 35.1. The summed E-state index contributed by atoms with van der Waals surface area (Å²) in [6.45, 7) is 4.70. The molecule has 6 rings (SSSR count). The number of benzene rings is 2. The molecular formula is C36H43N7O6S. The minimum atomic E-state index is -3.08. The maximum Gasteiger partial charge on any atom is 0.320 e. The van der Waals surface area contributed by atoms with Crippen molar-refractivity contribution in [1.82, 2.24) is 30.3 Å². The smallest absolute Gasteiger partial charge is 0.320 e. The van der Waals surface area contributed by atoms with Crippen LogP contribution in [0, 0.1) is 6.92 Å². The molecule has 0 radical (unpaired) electrons. The zero-order chi connectivity index (χ0) is 35.3. The van der Waals surface area contributed by atoms with Gasteiger partial charge in [0.25, 0.3) is 5.91 Å². The summed E-state index contributed by atoms with van der Waals surface area (Å²) in [5.74, 6) is 0.361. The molecular weight excluding hydrogens is 659 g/mol. The summed E-state index contributed by atoms with van der Waals surface area (Å²) in [5, 5.41) is 14.2. The fourth-order valence-electron chi connectivity index (χ4n) is 6.66. The Morgan fingerprint density at radius 1 is 0.960 bits per heavy atom. The Kier molecular flexibility index (Phi) is 10.8. The van der Waals surface area contributed by atoms with E-state index < -0.39 is 15.7 Å². The van der Waals surface area contributed by atoms with Crippen LogP contribution in [0.2, 0.25) is 0 Å². The Bertz CT molecular complexity index is 1910. The Balaban J connectivity index is 1.28. The standard InChI is InChI=1S/C36H43N7O6S/c1-24-32(26-20-29(35(49-3)37-21-26)34(44)38-27-14-18-50(46,47)19-15-27)41-43(28-12-8-5-9-13-28)33(24)40-36(45)39-31-23-42(16-17-48-2)22-30(31)25-10-6-4-7-11-25/h4-13,20-21,27,30-31H,14-19,22-23H2,1-3H3,(H,38,44)(H2,39,40,45)/t30-,31+/m0/s1. The van der Waals surface area contributed by atoms with Crippen molar-refractivity contribution in [1.29, 1.82) is 0 Å². The first-order chi connectivity index (χ1) is 24.2. The van der Waals surface area contributed by atoms with Crippen molar-refractivity contribution in [3.63, 3.8) is 0 Å². The van der Waals surface area contributed by atoms with Crippen molar-refractivity contribution in [2.75, 3.05) is 57.3 Å². The zero-order valence-corrected chi connectivity index (χ0v) is 29.3. The molecule has 4 heterocycles. The maximum atomic E-state index is 13.8. The van der Waals surface area contributed by atoms with Crippen LogP contribution >= 0.6 is 0 Å². The van der Waals surface area contributed by atoms with Crippen molar-refractivity contribution < 1.29 is 27.5 Å². The van der Waals surface area contributed by atoms with E-state index in [1.165, 1.54) is 7.11 Å². The summed E-state index contributed by atoms with van der Waals surface area (Å²) in [6.07, 6.45) is 2.27. The number of likely N-dealkylation sites (tertiary alicyclic amines) is 1. The van der Waals surface area contributed by atoms with Gasteiger partial charge in [-0.15, -0.1) is 0 Å². The van der Waals surface area contributed by atoms with Gasteiger partial charge >= 0.3 is 6.03 Å². The van der Waals surface area contributed by atoms with Crippen LogP contribution in [0.4, 0.5) is 10.6 Å². The average Bonchev–Trinajstić information content (AvgIpc) is 3.68. The molecule has 2 saturated heterocycles. The van der Waals surface area contributed by atoms with Crippen molar-refractivity contribution >= 4 is 27.6 Å². The van der Waals surface area contributed by atoms with Gasteiger partial charge in [0.15, 0.2) is 0 Å². The summed E-state index contributed by atoms with van der Waals surface area (Å²) in [5.41, 5.74) is 3.83. The van der Waals surface area contributed by atoms with Gasteiger partial charge < -0.3 is 20.1 Å². The Morgan fingerprint density at radius 3 is 2.34 bits per heavy atom. The SMILES string of the molecule is COCCN1C[C@@H](NC(=O)Nc2c(C)c(-c3cnc(OC)c(C(=O)NC4CCS(=O)(=O)CC4)c3)nn2-c2ccccc2)[C@H](c2ccccc2)C1. The van der Waals surface area contributed by atoms with Crippen LogP contribution < -0.4 is 20.7 Å². The molecule has 0 unspecified atom stereocenters. The monoisotopic (exact) mass is 701 g/mol. The van der Waals surface area contributed by atoms with Crippen molar-refractivity contribution in [3.05, 3.63) is 89.6 Å². The second kappa shape index (κ2) is 15.4. The lowest BCUT2D eigenvalue weighted by Crippen LogP contribution is -2.42. The molecule has 13 nitrogen and oxygen atoms in total. The lowest BCUT2D eigenvalue weighted by atomic mass is 9.94. The number of sulfone groups is 1. The molecule has 2 aliphatic rings. The predicted octanol–water partition coefficient (Wildman–Crippen LogP) is 3.79. The van der Waals surface area contributed by atoms with E-state index in [0.717, 1.165) is 24.3 Å². The highest BCUT2D eigenvalue weighted by atomic mass is 32.2. The molecule has 2 aliphatic heterocycles. The highest BCUT2D eigenvalue weighted by Gasteiger charge is 2.35. The number of aromatic nitrogens is 3. The van der Waals surface area contributed by atoms with Crippen LogP contribution in [-0.4, -0.2) is 104 Å². The number of carbonyl (C=O) groups is 2. The minimum absolute atomic E-state index is 0.0343. The zero-order valence-electron chi connectivity index (χ0n) is 28.5. The molecule has 2 atom stereocenters. The number of nitrogens with one attached hydrogen (secondary N) is 3. The second-order valence-electron chi connectivity index (χ2n) is 12.7. The molecule has 4 aromatic rings. The third-order valence-electron chi connectivity index (χ3n) is 9.36. The van der Waals surface area contributed by atoms with E-state index in [0.29, 0.717) is 48.6 Å². The molecule has 14 heteroatoms. The number of hydrogen-bond acceptors (Lipinski definition) is 9. The number of nitrogens with zero attached hydrogens (tertiary/aromatic N) is 4. The van der Waals surface area contributed by atoms with E-state index >= 15 is 0 Å². The summed E-state index contributed by atoms with van der Waals surface area (Å²) in [4.78, 5) is 33.9. The fraction of sp³-hybridized carbons (Fsp3) is 0.389. The van der Waals surface area contributed by atoms with Crippen LogP contribution in [0.5, 0.6) is 5.88 Å². The molecule has 0 saturated carbocycles. The fourth-order valence-corrected chi connectivity index (χ4v) is 8.15. The van der Waals surface area contributed by atoms with E-state index in [4.69, 9.17) is 14.6 Å². The molecule has 0 spiro atoms. The lowest BCUT2D eigenvalue weighted by molar-refractivity contribution is 0.0930. The molecule has 0 bridgehead atoms. The van der Waals surface area contributed by atoms with Gasteiger partial charge in [0.1, 0.15) is 21.2 Å². The van der Waals surface area contributed by atoms with Crippen molar-refractivity contribution in [3.8, 4) is 22.8 Å². The number of rotatable bonds is 11. The summed E-state index contributed by atoms with van der Waals surface area (Å²) in [6, 6.07) is 20.5. The van der Waals surface area contributed by atoms with Gasteiger partial charge in [0.2, 0.25) is 5.88 Å². The average molecular weight is 702 g/mol. The summed E-state index contributed by atoms with van der Waals surface area (Å²) < 4.78 is 36.2. The van der Waals surface area contributed by atoms with Crippen LogP contribution in [0.3, 0.4) is 0 Å². The van der Waals surface area contributed by atoms with Crippen LogP contribution in [-0.2, 0) is 14.6 Å². The summed E-state index contributed by atoms with van der Waals surface area (Å²) >= 11 is 0. The first-order valence-corrected chi connectivity index (χ1v) is 18.5. The van der Waals surface area contributed by atoms with E-state index in [-0.39, 0.29) is 47.0 Å². The van der Waals surface area contributed by atoms with Crippen LogP contribution in [0.15, 0.2) is 72.9 Å². The van der Waals surface area contributed by atoms with Gasteiger partial charge in [-0.05, 0) is 43.5 Å². The molecule has 0 aliphatic carbocycles. The highest BCUT2D eigenvalue weighted by Crippen LogP contribution is 2.33. The minimum Gasteiger partial charge on any atom is -0.480 e. The number of ether oxygens (including phenoxy) is 2. The molecule has 3 amide bonds. The van der Waals surface area contributed by atoms with E-state index in [2.05, 4.69) is 38.0 Å². The molecule has 264 valence electrons. The molecule has 3 N–H and O–H groups in total. The molecule has 2 aromatic heterocycles. The number of carbonyl (C=O) groups excluding carboxylic acids is 2. The van der Waals surface area contributed by atoms with Gasteiger partial charge in [0.05, 0.1) is 42.6 Å². The number of para-hydroxylation sites is 1. The highest BCUT2D eigenvalue weighted by molar-refractivity contribution is 7.91. The van der Waals surface area contributed by atoms with Gasteiger partial charge in [0, 0.05) is 56.0 Å². The third-order valence-corrected chi connectivity index (χ3v) is 11.1. The third kappa shape index (κ3) is 7.98. The first-order valence-electron chi connectivity index (χ1n) is 16.7. The lowest BCUT2D eigenvalue weighted by Gasteiger charge is -2.23. The molecule has 2 aromatic carbocycles. The van der Waals surface area contributed by atoms with E-state index in [1.807, 2.05) is 55.5 Å². The largest absolute Gasteiger partial charge is 0.480 e.